The lowest BCUT2D eigenvalue weighted by atomic mass is 9.99. The van der Waals surface area contributed by atoms with Crippen LogP contribution in [0.25, 0.3) is 0 Å². The molecule has 0 aliphatic rings. The summed E-state index contributed by atoms with van der Waals surface area (Å²) >= 11 is 0. The SMILES string of the molecule is C=CC(CCc1ncc(CO[Si](C)(C)C(C)(C)C)n1C)CC(=O)OCC. The molecule has 0 aromatic carbocycles. The van der Waals surface area contributed by atoms with E-state index in [1.54, 1.807) is 0 Å². The maximum Gasteiger partial charge on any atom is 0.306 e. The summed E-state index contributed by atoms with van der Waals surface area (Å²) in [6.07, 6.45) is 5.74. The van der Waals surface area contributed by atoms with Crippen LogP contribution < -0.4 is 0 Å². The Hall–Kier alpha value is -1.40. The summed E-state index contributed by atoms with van der Waals surface area (Å²) in [6.45, 7) is 17.9. The number of carbonyl (C=O) groups excluding carboxylic acids is 1. The van der Waals surface area contributed by atoms with E-state index in [2.05, 4.69) is 50.0 Å². The van der Waals surface area contributed by atoms with Gasteiger partial charge in [-0.15, -0.1) is 6.58 Å². The second-order valence-electron chi connectivity index (χ2n) is 8.32. The third-order valence-corrected chi connectivity index (χ3v) is 9.85. The zero-order valence-electron chi connectivity index (χ0n) is 17.6. The van der Waals surface area contributed by atoms with Gasteiger partial charge in [0.2, 0.25) is 0 Å². The van der Waals surface area contributed by atoms with Crippen LogP contribution in [0.5, 0.6) is 0 Å². The van der Waals surface area contributed by atoms with Crippen molar-refractivity contribution in [2.75, 3.05) is 6.61 Å². The number of hydrogen-bond acceptors (Lipinski definition) is 4. The van der Waals surface area contributed by atoms with Gasteiger partial charge >= 0.3 is 5.97 Å². The minimum Gasteiger partial charge on any atom is -0.466 e. The summed E-state index contributed by atoms with van der Waals surface area (Å²) in [7, 11) is 0.253. The molecule has 5 nitrogen and oxygen atoms in total. The number of hydrogen-bond donors (Lipinski definition) is 0. The van der Waals surface area contributed by atoms with Gasteiger partial charge in [-0.25, -0.2) is 4.98 Å². The summed E-state index contributed by atoms with van der Waals surface area (Å²) in [5.41, 5.74) is 1.09. The fourth-order valence-electron chi connectivity index (χ4n) is 2.38. The number of rotatable bonds is 10. The quantitative estimate of drug-likeness (QED) is 0.337. The Labute approximate surface area is 159 Å². The van der Waals surface area contributed by atoms with E-state index in [0.717, 1.165) is 24.4 Å². The zero-order chi connectivity index (χ0) is 20.0. The highest BCUT2D eigenvalue weighted by Gasteiger charge is 2.37. The van der Waals surface area contributed by atoms with E-state index in [9.17, 15) is 4.79 Å². The van der Waals surface area contributed by atoms with E-state index in [0.29, 0.717) is 19.6 Å². The van der Waals surface area contributed by atoms with Gasteiger partial charge in [-0.2, -0.15) is 0 Å². The van der Waals surface area contributed by atoms with Crippen LogP contribution in [-0.4, -0.2) is 30.4 Å². The summed E-state index contributed by atoms with van der Waals surface area (Å²) in [4.78, 5) is 16.2. The molecule has 0 radical (unpaired) electrons. The molecule has 1 heterocycles. The molecule has 1 atom stereocenters. The van der Waals surface area contributed by atoms with Crippen molar-refractivity contribution < 1.29 is 14.0 Å². The summed E-state index contributed by atoms with van der Waals surface area (Å²) in [6, 6.07) is 0. The first kappa shape index (κ1) is 22.6. The monoisotopic (exact) mass is 380 g/mol. The van der Waals surface area contributed by atoms with Crippen LogP contribution in [0.15, 0.2) is 18.9 Å². The van der Waals surface area contributed by atoms with Crippen LogP contribution in [0, 0.1) is 5.92 Å². The molecule has 0 N–H and O–H groups in total. The molecule has 26 heavy (non-hydrogen) atoms. The average molecular weight is 381 g/mol. The van der Waals surface area contributed by atoms with Gasteiger partial charge in [-0.1, -0.05) is 26.8 Å². The van der Waals surface area contributed by atoms with Crippen LogP contribution in [0.4, 0.5) is 0 Å². The molecule has 0 bridgehead atoms. The Morgan fingerprint density at radius 2 is 2.08 bits per heavy atom. The summed E-state index contributed by atoms with van der Waals surface area (Å²) < 4.78 is 13.4. The highest BCUT2D eigenvalue weighted by Crippen LogP contribution is 2.37. The summed E-state index contributed by atoms with van der Waals surface area (Å²) in [5, 5.41) is 0.193. The zero-order valence-corrected chi connectivity index (χ0v) is 18.6. The van der Waals surface area contributed by atoms with Crippen molar-refractivity contribution in [1.29, 1.82) is 0 Å². The van der Waals surface area contributed by atoms with Crippen LogP contribution in [-0.2, 0) is 34.0 Å². The molecular formula is C20H36N2O3Si. The Morgan fingerprint density at radius 3 is 2.62 bits per heavy atom. The second kappa shape index (κ2) is 9.51. The molecule has 0 fully saturated rings. The Kier molecular flexibility index (Phi) is 8.28. The molecule has 0 saturated heterocycles. The third kappa shape index (κ3) is 6.40. The molecule has 0 aliphatic heterocycles. The molecule has 6 heteroatoms. The number of esters is 1. The normalized spacial score (nSPS) is 13.5. The van der Waals surface area contributed by atoms with Gasteiger partial charge in [0.25, 0.3) is 0 Å². The molecule has 0 aliphatic carbocycles. The smallest absolute Gasteiger partial charge is 0.306 e. The Bertz CT molecular complexity index is 603. The van der Waals surface area contributed by atoms with Crippen molar-refractivity contribution in [3.05, 3.63) is 30.4 Å². The number of allylic oxidation sites excluding steroid dienone is 1. The number of aromatic nitrogens is 2. The molecule has 0 amide bonds. The number of aryl methyl sites for hydroxylation is 1. The predicted octanol–water partition coefficient (Wildman–Crippen LogP) is 4.63. The number of nitrogens with zero attached hydrogens (tertiary/aromatic N) is 2. The number of carbonyl (C=O) groups is 1. The van der Waals surface area contributed by atoms with Crippen molar-refractivity contribution in [1.82, 2.24) is 9.55 Å². The molecule has 148 valence electrons. The lowest BCUT2D eigenvalue weighted by molar-refractivity contribution is -0.143. The minimum atomic E-state index is -1.78. The largest absolute Gasteiger partial charge is 0.466 e. The molecule has 1 unspecified atom stereocenters. The fourth-order valence-corrected chi connectivity index (χ4v) is 3.32. The summed E-state index contributed by atoms with van der Waals surface area (Å²) in [5.74, 6) is 0.952. The first-order chi connectivity index (χ1) is 12.0. The second-order valence-corrected chi connectivity index (χ2v) is 13.1. The number of imidazole rings is 1. The molecule has 0 saturated carbocycles. The predicted molar refractivity (Wildman–Crippen MR) is 108 cm³/mol. The fraction of sp³-hybridized carbons (Fsp3) is 0.700. The molecular weight excluding hydrogens is 344 g/mol. The van der Waals surface area contributed by atoms with E-state index >= 15 is 0 Å². The van der Waals surface area contributed by atoms with E-state index in [4.69, 9.17) is 9.16 Å². The van der Waals surface area contributed by atoms with Gasteiger partial charge in [0.15, 0.2) is 8.32 Å². The van der Waals surface area contributed by atoms with Crippen molar-refractivity contribution in [2.24, 2.45) is 13.0 Å². The first-order valence-electron chi connectivity index (χ1n) is 9.43. The Balaban J connectivity index is 2.63. The van der Waals surface area contributed by atoms with Gasteiger partial charge in [-0.3, -0.25) is 4.79 Å². The molecule has 1 rings (SSSR count). The van der Waals surface area contributed by atoms with Crippen LogP contribution in [0.3, 0.4) is 0 Å². The van der Waals surface area contributed by atoms with E-state index in [-0.39, 0.29) is 16.9 Å². The van der Waals surface area contributed by atoms with Gasteiger partial charge in [0.1, 0.15) is 5.82 Å². The van der Waals surface area contributed by atoms with E-state index < -0.39 is 8.32 Å². The number of ether oxygens (including phenoxy) is 1. The minimum absolute atomic E-state index is 0.109. The lowest BCUT2D eigenvalue weighted by Gasteiger charge is -2.36. The van der Waals surface area contributed by atoms with Crippen molar-refractivity contribution in [3.63, 3.8) is 0 Å². The lowest BCUT2D eigenvalue weighted by Crippen LogP contribution is -2.40. The topological polar surface area (TPSA) is 53.4 Å². The first-order valence-corrected chi connectivity index (χ1v) is 12.3. The third-order valence-electron chi connectivity index (χ3n) is 5.37. The van der Waals surface area contributed by atoms with E-state index in [1.165, 1.54) is 0 Å². The highest BCUT2D eigenvalue weighted by molar-refractivity contribution is 6.74. The van der Waals surface area contributed by atoms with Crippen LogP contribution in [0.2, 0.25) is 18.1 Å². The van der Waals surface area contributed by atoms with Gasteiger partial charge in [0.05, 0.1) is 31.5 Å². The van der Waals surface area contributed by atoms with Gasteiger partial charge < -0.3 is 13.7 Å². The maximum atomic E-state index is 11.7. The van der Waals surface area contributed by atoms with Crippen molar-refractivity contribution in [3.8, 4) is 0 Å². The van der Waals surface area contributed by atoms with Gasteiger partial charge in [0, 0.05) is 13.5 Å². The molecule has 1 aromatic rings. The molecule has 1 aromatic heterocycles. The Morgan fingerprint density at radius 1 is 1.42 bits per heavy atom. The highest BCUT2D eigenvalue weighted by atomic mass is 28.4. The van der Waals surface area contributed by atoms with Crippen LogP contribution >= 0.6 is 0 Å². The van der Waals surface area contributed by atoms with E-state index in [1.807, 2.05) is 26.2 Å². The maximum absolute atomic E-state index is 11.7. The van der Waals surface area contributed by atoms with Gasteiger partial charge in [-0.05, 0) is 37.4 Å². The van der Waals surface area contributed by atoms with Crippen LogP contribution in [0.1, 0.15) is 52.1 Å². The standard InChI is InChI=1S/C20H36N2O3Si/c1-9-16(13-19(23)24-10-2)11-12-18-21-14-17(22(18)6)15-25-26(7,8)20(3,4)5/h9,14,16H,1,10-13,15H2,2-8H3. The van der Waals surface area contributed by atoms with Crippen molar-refractivity contribution in [2.45, 2.75) is 71.7 Å². The van der Waals surface area contributed by atoms with Crippen molar-refractivity contribution >= 4 is 14.3 Å². The average Bonchev–Trinajstić information content (AvgIpc) is 2.89. The molecule has 0 spiro atoms.